The molecule has 0 atom stereocenters. The first-order valence-electron chi connectivity index (χ1n) is 5.44. The van der Waals surface area contributed by atoms with Crippen molar-refractivity contribution in [1.29, 1.82) is 0 Å². The van der Waals surface area contributed by atoms with Gasteiger partial charge in [-0.3, -0.25) is 0 Å². The van der Waals surface area contributed by atoms with Crippen LogP contribution in [0.15, 0.2) is 58.0 Å². The van der Waals surface area contributed by atoms with Crippen LogP contribution in [0.2, 0.25) is 0 Å². The number of amidine groups is 1. The van der Waals surface area contributed by atoms with Gasteiger partial charge in [-0.05, 0) is 28.1 Å². The highest BCUT2D eigenvalue weighted by Gasteiger charge is 2.02. The molecular weight excluding hydrogens is 292 g/mol. The minimum Gasteiger partial charge on any atom is -0.495 e. The number of hydrogen-bond acceptors (Lipinski definition) is 2. The zero-order valence-corrected chi connectivity index (χ0v) is 11.5. The van der Waals surface area contributed by atoms with E-state index >= 15 is 0 Å². The predicted molar refractivity (Wildman–Crippen MR) is 77.5 cm³/mol. The second-order valence-corrected chi connectivity index (χ2v) is 4.54. The van der Waals surface area contributed by atoms with Crippen molar-refractivity contribution in [1.82, 2.24) is 0 Å². The van der Waals surface area contributed by atoms with Gasteiger partial charge in [-0.1, -0.05) is 30.3 Å². The third-order valence-electron chi connectivity index (χ3n) is 2.45. The summed E-state index contributed by atoms with van der Waals surface area (Å²) in [5.74, 6) is 1.22. The molecule has 2 aromatic carbocycles. The summed E-state index contributed by atoms with van der Waals surface area (Å²) in [5, 5.41) is 0. The smallest absolute Gasteiger partial charge is 0.135 e. The van der Waals surface area contributed by atoms with Crippen LogP contribution in [0.1, 0.15) is 5.56 Å². The summed E-state index contributed by atoms with van der Waals surface area (Å²) in [7, 11) is 1.62. The van der Waals surface area contributed by atoms with E-state index in [9.17, 15) is 0 Å². The normalized spacial score (nSPS) is 11.3. The lowest BCUT2D eigenvalue weighted by molar-refractivity contribution is 0.412. The molecule has 2 N–H and O–H groups in total. The van der Waals surface area contributed by atoms with E-state index in [0.29, 0.717) is 5.84 Å². The molecule has 0 unspecified atom stereocenters. The van der Waals surface area contributed by atoms with Gasteiger partial charge in [0.15, 0.2) is 0 Å². The van der Waals surface area contributed by atoms with Gasteiger partial charge in [-0.25, -0.2) is 4.99 Å². The number of nitrogens with zero attached hydrogens (tertiary/aromatic N) is 1. The average Bonchev–Trinajstić information content (AvgIpc) is 2.42. The minimum absolute atomic E-state index is 0.486. The zero-order chi connectivity index (χ0) is 13.0. The van der Waals surface area contributed by atoms with Crippen LogP contribution < -0.4 is 10.5 Å². The van der Waals surface area contributed by atoms with Gasteiger partial charge in [0.05, 0.1) is 17.3 Å². The summed E-state index contributed by atoms with van der Waals surface area (Å²) in [4.78, 5) is 4.37. The van der Waals surface area contributed by atoms with E-state index in [4.69, 9.17) is 10.5 Å². The van der Waals surface area contributed by atoms with Gasteiger partial charge in [0.25, 0.3) is 0 Å². The highest BCUT2D eigenvalue weighted by atomic mass is 79.9. The maximum Gasteiger partial charge on any atom is 0.135 e. The largest absolute Gasteiger partial charge is 0.495 e. The first kappa shape index (κ1) is 12.6. The molecule has 0 aromatic heterocycles. The van der Waals surface area contributed by atoms with Crippen molar-refractivity contribution in [2.75, 3.05) is 7.11 Å². The fraction of sp³-hybridized carbons (Fsp3) is 0.0714. The fourth-order valence-corrected chi connectivity index (χ4v) is 1.94. The second kappa shape index (κ2) is 5.69. The summed E-state index contributed by atoms with van der Waals surface area (Å²) in [6, 6.07) is 15.3. The molecule has 4 heteroatoms. The first-order valence-corrected chi connectivity index (χ1v) is 6.23. The molecule has 0 aliphatic rings. The van der Waals surface area contributed by atoms with Gasteiger partial charge >= 0.3 is 0 Å². The first-order chi connectivity index (χ1) is 8.70. The maximum atomic E-state index is 5.95. The van der Waals surface area contributed by atoms with Crippen molar-refractivity contribution in [2.45, 2.75) is 0 Å². The highest BCUT2D eigenvalue weighted by Crippen LogP contribution is 2.29. The van der Waals surface area contributed by atoms with Crippen molar-refractivity contribution in [3.05, 3.63) is 58.6 Å². The van der Waals surface area contributed by atoms with Crippen molar-refractivity contribution in [3.63, 3.8) is 0 Å². The van der Waals surface area contributed by atoms with Crippen LogP contribution in [0.5, 0.6) is 5.75 Å². The molecule has 0 amide bonds. The summed E-state index contributed by atoms with van der Waals surface area (Å²) in [6.45, 7) is 0. The Kier molecular flexibility index (Phi) is 3.99. The van der Waals surface area contributed by atoms with Gasteiger partial charge in [0.2, 0.25) is 0 Å². The van der Waals surface area contributed by atoms with E-state index in [1.54, 1.807) is 7.11 Å². The van der Waals surface area contributed by atoms with Crippen LogP contribution in [0.25, 0.3) is 0 Å². The van der Waals surface area contributed by atoms with E-state index in [0.717, 1.165) is 21.5 Å². The summed E-state index contributed by atoms with van der Waals surface area (Å²) >= 11 is 3.40. The molecule has 0 fully saturated rings. The van der Waals surface area contributed by atoms with Crippen molar-refractivity contribution in [2.24, 2.45) is 10.7 Å². The monoisotopic (exact) mass is 304 g/mol. The summed E-state index contributed by atoms with van der Waals surface area (Å²) < 4.78 is 6.11. The van der Waals surface area contributed by atoms with Crippen LogP contribution in [-0.2, 0) is 0 Å². The summed E-state index contributed by atoms with van der Waals surface area (Å²) in [5.41, 5.74) is 7.62. The topological polar surface area (TPSA) is 47.6 Å². The van der Waals surface area contributed by atoms with Gasteiger partial charge in [0.1, 0.15) is 11.6 Å². The lowest BCUT2D eigenvalue weighted by Gasteiger charge is -2.05. The van der Waals surface area contributed by atoms with Gasteiger partial charge in [0, 0.05) is 11.6 Å². The number of rotatable bonds is 3. The fourth-order valence-electron chi connectivity index (χ4n) is 1.53. The van der Waals surface area contributed by atoms with E-state index in [1.807, 2.05) is 48.5 Å². The molecule has 0 spiro atoms. The standard InChI is InChI=1S/C14H13BrN2O/c1-18-13-9-11(7-8-12(13)15)17-14(16)10-5-3-2-4-6-10/h2-9H,1H3,(H2,16,17). The van der Waals surface area contributed by atoms with E-state index in [2.05, 4.69) is 20.9 Å². The van der Waals surface area contributed by atoms with Crippen LogP contribution in [0, 0.1) is 0 Å². The molecule has 0 radical (unpaired) electrons. The molecule has 0 heterocycles. The number of methoxy groups -OCH3 is 1. The highest BCUT2D eigenvalue weighted by molar-refractivity contribution is 9.10. The molecular formula is C14H13BrN2O. The quantitative estimate of drug-likeness (QED) is 0.697. The SMILES string of the molecule is COc1cc(N=C(N)c2ccccc2)ccc1Br. The number of ether oxygens (including phenoxy) is 1. The molecule has 0 saturated heterocycles. The van der Waals surface area contributed by atoms with Gasteiger partial charge in [-0.2, -0.15) is 0 Å². The molecule has 2 rings (SSSR count). The van der Waals surface area contributed by atoms with Crippen LogP contribution >= 0.6 is 15.9 Å². The minimum atomic E-state index is 0.486. The second-order valence-electron chi connectivity index (χ2n) is 3.68. The van der Waals surface area contributed by atoms with Crippen LogP contribution in [-0.4, -0.2) is 12.9 Å². The summed E-state index contributed by atoms with van der Waals surface area (Å²) in [6.07, 6.45) is 0. The van der Waals surface area contributed by atoms with Crippen molar-refractivity contribution in [3.8, 4) is 5.75 Å². The van der Waals surface area contributed by atoms with Gasteiger partial charge < -0.3 is 10.5 Å². The number of aliphatic imine (C=N–C) groups is 1. The Morgan fingerprint density at radius 3 is 2.56 bits per heavy atom. The molecule has 0 bridgehead atoms. The van der Waals surface area contributed by atoms with Gasteiger partial charge in [-0.15, -0.1) is 0 Å². The Balaban J connectivity index is 2.33. The third kappa shape index (κ3) is 2.90. The number of halogens is 1. The van der Waals surface area contributed by atoms with Crippen LogP contribution in [0.3, 0.4) is 0 Å². The zero-order valence-electron chi connectivity index (χ0n) is 9.93. The lowest BCUT2D eigenvalue weighted by Crippen LogP contribution is -2.12. The lowest BCUT2D eigenvalue weighted by atomic mass is 10.2. The van der Waals surface area contributed by atoms with E-state index in [1.165, 1.54) is 0 Å². The molecule has 0 aliphatic carbocycles. The van der Waals surface area contributed by atoms with Crippen LogP contribution in [0.4, 0.5) is 5.69 Å². The molecule has 18 heavy (non-hydrogen) atoms. The third-order valence-corrected chi connectivity index (χ3v) is 3.11. The van der Waals surface area contributed by atoms with E-state index < -0.39 is 0 Å². The molecule has 0 aliphatic heterocycles. The maximum absolute atomic E-state index is 5.95. The Labute approximate surface area is 114 Å². The number of benzene rings is 2. The number of hydrogen-bond donors (Lipinski definition) is 1. The molecule has 3 nitrogen and oxygen atoms in total. The Morgan fingerprint density at radius 2 is 1.89 bits per heavy atom. The Bertz CT molecular complexity index is 567. The molecule has 2 aromatic rings. The Morgan fingerprint density at radius 1 is 1.17 bits per heavy atom. The Hall–Kier alpha value is -1.81. The van der Waals surface area contributed by atoms with E-state index in [-0.39, 0.29) is 0 Å². The average molecular weight is 305 g/mol. The molecule has 92 valence electrons. The van der Waals surface area contributed by atoms with Crippen molar-refractivity contribution < 1.29 is 4.74 Å². The number of nitrogens with two attached hydrogens (primary N) is 1. The molecule has 0 saturated carbocycles. The van der Waals surface area contributed by atoms with Crippen molar-refractivity contribution >= 4 is 27.5 Å². The predicted octanol–water partition coefficient (Wildman–Crippen LogP) is 3.49.